The molecule has 0 amide bonds. The number of carbonyl (C=O) groups is 1. The summed E-state index contributed by atoms with van der Waals surface area (Å²) in [5, 5.41) is 0. The fourth-order valence-corrected chi connectivity index (χ4v) is 1.33. The number of carbonyl (C=O) groups excluding carboxylic acids is 1. The molecule has 0 aliphatic heterocycles. The van der Waals surface area contributed by atoms with Crippen molar-refractivity contribution in [3.8, 4) is 0 Å². The van der Waals surface area contributed by atoms with E-state index in [9.17, 15) is 4.79 Å². The van der Waals surface area contributed by atoms with Gasteiger partial charge < -0.3 is 4.74 Å². The summed E-state index contributed by atoms with van der Waals surface area (Å²) in [4.78, 5) is 11.1. The molecule has 14 heavy (non-hydrogen) atoms. The van der Waals surface area contributed by atoms with Crippen LogP contribution in [0.1, 0.15) is 52.9 Å². The van der Waals surface area contributed by atoms with Gasteiger partial charge in [0.2, 0.25) is 0 Å². The minimum Gasteiger partial charge on any atom is -0.456 e. The van der Waals surface area contributed by atoms with Crippen LogP contribution >= 0.6 is 0 Å². The molecule has 0 aromatic carbocycles. The lowest BCUT2D eigenvalue weighted by molar-refractivity contribution is -0.152. The normalized spacial score (nSPS) is 14.5. The average molecular weight is 198 g/mol. The Hall–Kier alpha value is -0.790. The average Bonchev–Trinajstić information content (AvgIpc) is 2.18. The van der Waals surface area contributed by atoms with Gasteiger partial charge in [0, 0.05) is 6.08 Å². The van der Waals surface area contributed by atoms with Crippen molar-refractivity contribution in [3.05, 3.63) is 12.7 Å². The zero-order chi connectivity index (χ0) is 11.0. The minimum absolute atomic E-state index is 0.305. The van der Waals surface area contributed by atoms with E-state index < -0.39 is 0 Å². The molecule has 0 aromatic heterocycles. The molecule has 1 unspecified atom stereocenters. The molecule has 1 atom stereocenters. The predicted molar refractivity (Wildman–Crippen MR) is 59.1 cm³/mol. The molecule has 0 saturated carbocycles. The van der Waals surface area contributed by atoms with Gasteiger partial charge in [-0.2, -0.15) is 0 Å². The number of unbranched alkanes of at least 4 members (excludes halogenated alkanes) is 2. The summed E-state index contributed by atoms with van der Waals surface area (Å²) < 4.78 is 5.33. The number of esters is 1. The van der Waals surface area contributed by atoms with Crippen LogP contribution in [0, 0.1) is 0 Å². The molecular weight excluding hydrogens is 176 g/mol. The van der Waals surface area contributed by atoms with E-state index in [1.54, 1.807) is 0 Å². The second-order valence-corrected chi connectivity index (χ2v) is 3.89. The van der Waals surface area contributed by atoms with Crippen LogP contribution in [0.5, 0.6) is 0 Å². The predicted octanol–water partition coefficient (Wildman–Crippen LogP) is 3.46. The summed E-state index contributed by atoms with van der Waals surface area (Å²) in [6.07, 6.45) is 6.53. The van der Waals surface area contributed by atoms with Crippen molar-refractivity contribution in [1.82, 2.24) is 0 Å². The molecular formula is C12H22O2. The van der Waals surface area contributed by atoms with Crippen molar-refractivity contribution in [2.24, 2.45) is 0 Å². The largest absolute Gasteiger partial charge is 0.456 e. The quantitative estimate of drug-likeness (QED) is 0.356. The first-order chi connectivity index (χ1) is 6.58. The van der Waals surface area contributed by atoms with Crippen LogP contribution in [-0.2, 0) is 9.53 Å². The summed E-state index contributed by atoms with van der Waals surface area (Å²) >= 11 is 0. The molecule has 0 fully saturated rings. The van der Waals surface area contributed by atoms with E-state index in [0.29, 0.717) is 0 Å². The Balaban J connectivity index is 4.03. The lowest BCUT2D eigenvalue weighted by Gasteiger charge is -2.27. The zero-order valence-corrected chi connectivity index (χ0v) is 9.64. The van der Waals surface area contributed by atoms with Gasteiger partial charge >= 0.3 is 5.97 Å². The second-order valence-electron chi connectivity index (χ2n) is 3.89. The maximum absolute atomic E-state index is 11.1. The van der Waals surface area contributed by atoms with Gasteiger partial charge in [0.05, 0.1) is 0 Å². The highest BCUT2D eigenvalue weighted by atomic mass is 16.6. The van der Waals surface area contributed by atoms with Crippen molar-refractivity contribution < 1.29 is 9.53 Å². The van der Waals surface area contributed by atoms with Crippen molar-refractivity contribution >= 4 is 5.97 Å². The lowest BCUT2D eigenvalue weighted by Crippen LogP contribution is -2.30. The first-order valence-corrected chi connectivity index (χ1v) is 5.43. The Kier molecular flexibility index (Phi) is 6.26. The molecule has 0 aliphatic rings. The molecule has 2 nitrogen and oxygen atoms in total. The Labute approximate surface area is 87.3 Å². The third kappa shape index (κ3) is 5.05. The fraction of sp³-hybridized carbons (Fsp3) is 0.750. The van der Waals surface area contributed by atoms with Crippen LogP contribution in [0.2, 0.25) is 0 Å². The molecule has 0 heterocycles. The van der Waals surface area contributed by atoms with E-state index >= 15 is 0 Å². The third-order valence-electron chi connectivity index (χ3n) is 2.57. The van der Waals surface area contributed by atoms with Crippen molar-refractivity contribution in [1.29, 1.82) is 0 Å². The van der Waals surface area contributed by atoms with Gasteiger partial charge in [-0.15, -0.1) is 0 Å². The molecule has 0 aliphatic carbocycles. The van der Waals surface area contributed by atoms with Crippen molar-refractivity contribution in [2.45, 2.75) is 58.5 Å². The van der Waals surface area contributed by atoms with E-state index in [-0.39, 0.29) is 11.6 Å². The topological polar surface area (TPSA) is 26.3 Å². The first-order valence-electron chi connectivity index (χ1n) is 5.43. The van der Waals surface area contributed by atoms with Gasteiger partial charge in [0.15, 0.2) is 0 Å². The van der Waals surface area contributed by atoms with Crippen LogP contribution < -0.4 is 0 Å². The van der Waals surface area contributed by atoms with Gasteiger partial charge in [-0.25, -0.2) is 4.79 Å². The smallest absolute Gasteiger partial charge is 0.330 e. The van der Waals surface area contributed by atoms with Gasteiger partial charge in [-0.05, 0) is 26.2 Å². The number of ether oxygens (including phenoxy) is 1. The first kappa shape index (κ1) is 13.2. The zero-order valence-electron chi connectivity index (χ0n) is 9.64. The lowest BCUT2D eigenvalue weighted by atomic mass is 9.95. The van der Waals surface area contributed by atoms with E-state index in [2.05, 4.69) is 13.5 Å². The molecule has 0 saturated heterocycles. The van der Waals surface area contributed by atoms with Gasteiger partial charge in [-0.3, -0.25) is 0 Å². The maximum atomic E-state index is 11.1. The van der Waals surface area contributed by atoms with E-state index in [1.807, 2.05) is 13.8 Å². The van der Waals surface area contributed by atoms with Crippen molar-refractivity contribution in [2.75, 3.05) is 0 Å². The molecule has 0 spiro atoms. The number of rotatable bonds is 7. The standard InChI is InChI=1S/C12H22O2/c1-5-8-9-10-12(4,7-3)14-11(13)6-2/h6H,2,5,7-10H2,1,3-4H3. The number of hydrogen-bond acceptors (Lipinski definition) is 2. The highest BCUT2D eigenvalue weighted by Crippen LogP contribution is 2.23. The molecule has 0 aromatic rings. The van der Waals surface area contributed by atoms with Gasteiger partial charge in [0.25, 0.3) is 0 Å². The molecule has 2 heteroatoms. The fourth-order valence-electron chi connectivity index (χ4n) is 1.33. The van der Waals surface area contributed by atoms with Crippen LogP contribution in [0.25, 0.3) is 0 Å². The highest BCUT2D eigenvalue weighted by Gasteiger charge is 2.24. The molecule has 0 radical (unpaired) electrons. The highest BCUT2D eigenvalue weighted by molar-refractivity contribution is 5.81. The maximum Gasteiger partial charge on any atom is 0.330 e. The van der Waals surface area contributed by atoms with Crippen LogP contribution in [0.15, 0.2) is 12.7 Å². The monoisotopic (exact) mass is 198 g/mol. The summed E-state index contributed by atoms with van der Waals surface area (Å²) in [7, 11) is 0. The summed E-state index contributed by atoms with van der Waals surface area (Å²) in [6, 6.07) is 0. The molecule has 0 bridgehead atoms. The second kappa shape index (κ2) is 6.63. The van der Waals surface area contributed by atoms with Gasteiger partial charge in [0.1, 0.15) is 5.60 Å². The van der Waals surface area contributed by atoms with Crippen LogP contribution in [0.4, 0.5) is 0 Å². The van der Waals surface area contributed by atoms with Gasteiger partial charge in [-0.1, -0.05) is 33.3 Å². The van der Waals surface area contributed by atoms with Crippen LogP contribution in [-0.4, -0.2) is 11.6 Å². The van der Waals surface area contributed by atoms with E-state index in [0.717, 1.165) is 19.3 Å². The Morgan fingerprint density at radius 2 is 2.07 bits per heavy atom. The Morgan fingerprint density at radius 1 is 1.43 bits per heavy atom. The van der Waals surface area contributed by atoms with Crippen molar-refractivity contribution in [3.63, 3.8) is 0 Å². The SMILES string of the molecule is C=CC(=O)OC(C)(CC)CCCCC. The Morgan fingerprint density at radius 3 is 2.50 bits per heavy atom. The number of hydrogen-bond donors (Lipinski definition) is 0. The van der Waals surface area contributed by atoms with E-state index in [4.69, 9.17) is 4.74 Å². The molecule has 0 rings (SSSR count). The molecule has 0 N–H and O–H groups in total. The summed E-state index contributed by atoms with van der Waals surface area (Å²) in [6.45, 7) is 9.60. The Bertz CT molecular complexity index is 187. The van der Waals surface area contributed by atoms with Crippen LogP contribution in [0.3, 0.4) is 0 Å². The van der Waals surface area contributed by atoms with E-state index in [1.165, 1.54) is 18.9 Å². The summed E-state index contributed by atoms with van der Waals surface area (Å²) in [5.74, 6) is -0.314. The summed E-state index contributed by atoms with van der Waals surface area (Å²) in [5.41, 5.74) is -0.305. The minimum atomic E-state index is -0.314. The third-order valence-corrected chi connectivity index (χ3v) is 2.57. The molecule has 82 valence electrons.